The number of nitrogens with zero attached hydrogens (tertiary/aromatic N) is 1. The van der Waals surface area contributed by atoms with Crippen LogP contribution in [0.3, 0.4) is 0 Å². The van der Waals surface area contributed by atoms with Gasteiger partial charge in [0.05, 0.1) is 6.42 Å². The van der Waals surface area contributed by atoms with Crippen molar-refractivity contribution in [2.45, 2.75) is 25.4 Å². The van der Waals surface area contributed by atoms with Crippen molar-refractivity contribution in [2.24, 2.45) is 0 Å². The van der Waals surface area contributed by atoms with Crippen LogP contribution in [-0.2, 0) is 29.0 Å². The van der Waals surface area contributed by atoms with Gasteiger partial charge in [0, 0.05) is 35.1 Å². The number of carbonyl (C=O) groups is 2. The van der Waals surface area contributed by atoms with E-state index < -0.39 is 6.04 Å². The van der Waals surface area contributed by atoms with E-state index in [1.54, 1.807) is 36.2 Å². The second-order valence-electron chi connectivity index (χ2n) is 7.31. The van der Waals surface area contributed by atoms with E-state index in [4.69, 9.17) is 34.8 Å². The Labute approximate surface area is 203 Å². The van der Waals surface area contributed by atoms with Crippen LogP contribution in [0, 0.1) is 0 Å². The first-order valence-electron chi connectivity index (χ1n) is 10.1. The number of benzene rings is 3. The zero-order chi connectivity index (χ0) is 23.1. The molecule has 0 saturated carbocycles. The molecule has 0 saturated heterocycles. The zero-order valence-corrected chi connectivity index (χ0v) is 19.8. The third-order valence-corrected chi connectivity index (χ3v) is 6.28. The van der Waals surface area contributed by atoms with Gasteiger partial charge in [-0.25, -0.2) is 0 Å². The molecule has 3 aromatic carbocycles. The standard InChI is InChI=1S/C25H23Cl3N2O2/c1-29-25(32)23(14-17-8-3-2-4-9-17)30(16-18-10-5-6-11-20(18)26)24(31)15-19-21(27)12-7-13-22(19)28/h2-13,23H,14-16H2,1H3,(H,29,32). The highest BCUT2D eigenvalue weighted by Crippen LogP contribution is 2.27. The Morgan fingerprint density at radius 2 is 1.44 bits per heavy atom. The lowest BCUT2D eigenvalue weighted by molar-refractivity contribution is -0.140. The third kappa shape index (κ3) is 6.04. The van der Waals surface area contributed by atoms with Gasteiger partial charge in [-0.2, -0.15) is 0 Å². The summed E-state index contributed by atoms with van der Waals surface area (Å²) in [6, 6.07) is 21.2. The van der Waals surface area contributed by atoms with Gasteiger partial charge < -0.3 is 10.2 Å². The Kier molecular flexibility index (Phi) is 8.57. The average Bonchev–Trinajstić information content (AvgIpc) is 2.80. The van der Waals surface area contributed by atoms with E-state index in [0.717, 1.165) is 11.1 Å². The van der Waals surface area contributed by atoms with Gasteiger partial charge in [-0.1, -0.05) is 89.4 Å². The van der Waals surface area contributed by atoms with Gasteiger partial charge in [0.25, 0.3) is 0 Å². The maximum Gasteiger partial charge on any atom is 0.242 e. The topological polar surface area (TPSA) is 49.4 Å². The Bertz CT molecular complexity index is 1070. The lowest BCUT2D eigenvalue weighted by Gasteiger charge is -2.31. The number of hydrogen-bond donors (Lipinski definition) is 1. The maximum atomic E-state index is 13.6. The van der Waals surface area contributed by atoms with E-state index in [2.05, 4.69) is 5.32 Å². The summed E-state index contributed by atoms with van der Waals surface area (Å²) >= 11 is 19.0. The summed E-state index contributed by atoms with van der Waals surface area (Å²) in [4.78, 5) is 28.1. The lowest BCUT2D eigenvalue weighted by atomic mass is 10.0. The second-order valence-corrected chi connectivity index (χ2v) is 8.53. The molecule has 4 nitrogen and oxygen atoms in total. The van der Waals surface area contributed by atoms with E-state index in [9.17, 15) is 9.59 Å². The van der Waals surface area contributed by atoms with E-state index in [0.29, 0.717) is 27.1 Å². The van der Waals surface area contributed by atoms with Crippen molar-refractivity contribution in [3.8, 4) is 0 Å². The third-order valence-electron chi connectivity index (χ3n) is 5.21. The highest BCUT2D eigenvalue weighted by Gasteiger charge is 2.30. The van der Waals surface area contributed by atoms with Gasteiger partial charge in [0.15, 0.2) is 0 Å². The molecule has 32 heavy (non-hydrogen) atoms. The van der Waals surface area contributed by atoms with Crippen LogP contribution >= 0.6 is 34.8 Å². The number of hydrogen-bond acceptors (Lipinski definition) is 2. The molecule has 3 aromatic rings. The molecule has 3 rings (SSSR count). The van der Waals surface area contributed by atoms with Crippen LogP contribution in [0.2, 0.25) is 15.1 Å². The molecular formula is C25H23Cl3N2O2. The van der Waals surface area contributed by atoms with Gasteiger partial charge >= 0.3 is 0 Å². The van der Waals surface area contributed by atoms with Crippen molar-refractivity contribution < 1.29 is 9.59 Å². The van der Waals surface area contributed by atoms with Crippen molar-refractivity contribution in [3.05, 3.63) is 105 Å². The fourth-order valence-corrected chi connectivity index (χ4v) is 4.21. The molecular weight excluding hydrogens is 467 g/mol. The van der Waals surface area contributed by atoms with Crippen LogP contribution in [-0.4, -0.2) is 29.8 Å². The van der Waals surface area contributed by atoms with Crippen LogP contribution in [0.25, 0.3) is 0 Å². The predicted molar refractivity (Wildman–Crippen MR) is 130 cm³/mol. The minimum atomic E-state index is -0.743. The molecule has 2 amide bonds. The lowest BCUT2D eigenvalue weighted by Crippen LogP contribution is -2.50. The summed E-state index contributed by atoms with van der Waals surface area (Å²) in [5, 5.41) is 4.03. The van der Waals surface area contributed by atoms with E-state index in [1.165, 1.54) is 0 Å². The summed E-state index contributed by atoms with van der Waals surface area (Å²) in [5.41, 5.74) is 2.21. The number of halogens is 3. The molecule has 0 aliphatic heterocycles. The van der Waals surface area contributed by atoms with Gasteiger partial charge in [-0.05, 0) is 34.9 Å². The molecule has 0 aromatic heterocycles. The molecule has 0 aliphatic carbocycles. The molecule has 1 unspecified atom stereocenters. The minimum Gasteiger partial charge on any atom is -0.357 e. The number of carbonyl (C=O) groups excluding carboxylic acids is 2. The molecule has 7 heteroatoms. The largest absolute Gasteiger partial charge is 0.357 e. The molecule has 166 valence electrons. The minimum absolute atomic E-state index is 0.0365. The van der Waals surface area contributed by atoms with Gasteiger partial charge in [-0.15, -0.1) is 0 Å². The van der Waals surface area contributed by atoms with Crippen LogP contribution in [0.15, 0.2) is 72.8 Å². The molecule has 1 N–H and O–H groups in total. The Balaban J connectivity index is 1.99. The molecule has 0 radical (unpaired) electrons. The molecule has 0 fully saturated rings. The first-order valence-corrected chi connectivity index (χ1v) is 11.3. The summed E-state index contributed by atoms with van der Waals surface area (Å²) in [6.07, 6.45) is 0.318. The van der Waals surface area contributed by atoms with Crippen LogP contribution < -0.4 is 5.32 Å². The normalized spacial score (nSPS) is 11.6. The van der Waals surface area contributed by atoms with Crippen LogP contribution in [0.1, 0.15) is 16.7 Å². The molecule has 0 aliphatic rings. The molecule has 0 heterocycles. The fourth-order valence-electron chi connectivity index (χ4n) is 3.48. The van der Waals surface area contributed by atoms with E-state index >= 15 is 0 Å². The van der Waals surface area contributed by atoms with Crippen LogP contribution in [0.4, 0.5) is 0 Å². The number of amides is 2. The molecule has 0 bridgehead atoms. The van der Waals surface area contributed by atoms with E-state index in [1.807, 2.05) is 48.5 Å². The van der Waals surface area contributed by atoms with Gasteiger partial charge in [-0.3, -0.25) is 9.59 Å². The summed E-state index contributed by atoms with van der Waals surface area (Å²) in [7, 11) is 1.56. The quantitative estimate of drug-likeness (QED) is 0.449. The first kappa shape index (κ1) is 24.1. The SMILES string of the molecule is CNC(=O)C(Cc1ccccc1)N(Cc1ccccc1Cl)C(=O)Cc1c(Cl)cccc1Cl. The highest BCUT2D eigenvalue weighted by atomic mass is 35.5. The second kappa shape index (κ2) is 11.4. The van der Waals surface area contributed by atoms with Crippen molar-refractivity contribution in [1.82, 2.24) is 10.2 Å². The van der Waals surface area contributed by atoms with Gasteiger partial charge in [0.1, 0.15) is 6.04 Å². The van der Waals surface area contributed by atoms with Crippen molar-refractivity contribution in [3.63, 3.8) is 0 Å². The average molecular weight is 490 g/mol. The first-order chi connectivity index (χ1) is 15.4. The zero-order valence-electron chi connectivity index (χ0n) is 17.5. The highest BCUT2D eigenvalue weighted by molar-refractivity contribution is 6.36. The van der Waals surface area contributed by atoms with Gasteiger partial charge in [0.2, 0.25) is 11.8 Å². The maximum absolute atomic E-state index is 13.6. The fraction of sp³-hybridized carbons (Fsp3) is 0.200. The molecule has 0 spiro atoms. The van der Waals surface area contributed by atoms with Crippen molar-refractivity contribution >= 4 is 46.6 Å². The Hall–Kier alpha value is -2.53. The number of nitrogens with one attached hydrogen (secondary N) is 1. The predicted octanol–water partition coefficient (Wildman–Crippen LogP) is 5.58. The van der Waals surface area contributed by atoms with Crippen LogP contribution in [0.5, 0.6) is 0 Å². The summed E-state index contributed by atoms with van der Waals surface area (Å²) < 4.78 is 0. The Morgan fingerprint density at radius 3 is 2.06 bits per heavy atom. The summed E-state index contributed by atoms with van der Waals surface area (Å²) in [5.74, 6) is -0.538. The number of likely N-dealkylation sites (N-methyl/N-ethyl adjacent to an activating group) is 1. The molecule has 1 atom stereocenters. The Morgan fingerprint density at radius 1 is 0.844 bits per heavy atom. The number of rotatable bonds is 8. The monoisotopic (exact) mass is 488 g/mol. The van der Waals surface area contributed by atoms with Crippen molar-refractivity contribution in [2.75, 3.05) is 7.05 Å². The van der Waals surface area contributed by atoms with Crippen molar-refractivity contribution in [1.29, 1.82) is 0 Å². The van der Waals surface area contributed by atoms with E-state index in [-0.39, 0.29) is 24.8 Å². The smallest absolute Gasteiger partial charge is 0.242 e. The summed E-state index contributed by atoms with van der Waals surface area (Å²) in [6.45, 7) is 0.172.